The summed E-state index contributed by atoms with van der Waals surface area (Å²) in [5.41, 5.74) is 2.40. The lowest BCUT2D eigenvalue weighted by Crippen LogP contribution is -2.13. The predicted molar refractivity (Wildman–Crippen MR) is 59.7 cm³/mol. The minimum atomic E-state index is -0.482. The van der Waals surface area contributed by atoms with Crippen LogP contribution in [0, 0.1) is 6.92 Å². The van der Waals surface area contributed by atoms with Crippen LogP contribution in [0.4, 0.5) is 5.69 Å². The van der Waals surface area contributed by atoms with Gasteiger partial charge in [0.05, 0.1) is 11.7 Å². The van der Waals surface area contributed by atoms with Gasteiger partial charge in [0.25, 0.3) is 5.91 Å². The number of nitrogens with one attached hydrogen (secondary N) is 2. The third kappa shape index (κ3) is 1.85. The van der Waals surface area contributed by atoms with Crippen molar-refractivity contribution in [2.24, 2.45) is 5.16 Å². The summed E-state index contributed by atoms with van der Waals surface area (Å²) < 4.78 is 0. The first kappa shape index (κ1) is 10.2. The fourth-order valence-electron chi connectivity index (χ4n) is 1.46. The second-order valence-corrected chi connectivity index (χ2v) is 3.36. The third-order valence-corrected chi connectivity index (χ3v) is 2.22. The summed E-state index contributed by atoms with van der Waals surface area (Å²) in [6, 6.07) is 3.69. The lowest BCUT2D eigenvalue weighted by molar-refractivity contribution is -0.110. The number of carbonyl (C=O) groups is 1. The maximum atomic E-state index is 11.2. The molecule has 82 valence electrons. The predicted octanol–water partition coefficient (Wildman–Crippen LogP) is 1.27. The fraction of sp³-hybridized carbons (Fsp3) is 0.100. The van der Waals surface area contributed by atoms with E-state index < -0.39 is 5.91 Å². The zero-order valence-corrected chi connectivity index (χ0v) is 8.56. The summed E-state index contributed by atoms with van der Waals surface area (Å²) in [5, 5.41) is 21.1. The van der Waals surface area contributed by atoms with Crippen molar-refractivity contribution in [2.75, 3.05) is 5.32 Å². The van der Waals surface area contributed by atoms with Gasteiger partial charge in [-0.05, 0) is 24.6 Å². The van der Waals surface area contributed by atoms with Gasteiger partial charge in [0.1, 0.15) is 6.21 Å². The van der Waals surface area contributed by atoms with E-state index in [1.165, 1.54) is 0 Å². The van der Waals surface area contributed by atoms with E-state index in [2.05, 4.69) is 20.7 Å². The molecule has 6 nitrogen and oxygen atoms in total. The highest BCUT2D eigenvalue weighted by Gasteiger charge is 2.05. The molecule has 0 saturated heterocycles. The zero-order chi connectivity index (χ0) is 11.5. The van der Waals surface area contributed by atoms with Gasteiger partial charge in [-0.15, -0.1) is 0 Å². The average Bonchev–Trinajstić information content (AvgIpc) is 2.65. The van der Waals surface area contributed by atoms with Crippen molar-refractivity contribution in [3.05, 3.63) is 23.9 Å². The van der Waals surface area contributed by atoms with Crippen molar-refractivity contribution in [1.29, 1.82) is 0 Å². The molecule has 16 heavy (non-hydrogen) atoms. The fourth-order valence-corrected chi connectivity index (χ4v) is 1.46. The molecule has 1 heterocycles. The molecular formula is C10H10N4O2. The number of carbonyl (C=O) groups excluding carboxylic acids is 1. The standard InChI is InChI=1S/C10H10N4O2/c1-6-2-7-4-11-14-9(7)3-8(6)13-10(15)5-12-16/h2-5,16H,1H3,(H,11,14)(H,13,15). The monoisotopic (exact) mass is 218 g/mol. The number of benzene rings is 1. The Morgan fingerprint density at radius 1 is 1.62 bits per heavy atom. The summed E-state index contributed by atoms with van der Waals surface area (Å²) in [7, 11) is 0. The molecule has 0 saturated carbocycles. The van der Waals surface area contributed by atoms with E-state index in [0.29, 0.717) is 5.69 Å². The van der Waals surface area contributed by atoms with Crippen LogP contribution in [0.5, 0.6) is 0 Å². The Morgan fingerprint density at radius 2 is 2.44 bits per heavy atom. The van der Waals surface area contributed by atoms with Crippen LogP contribution < -0.4 is 5.32 Å². The molecule has 1 amide bonds. The Morgan fingerprint density at radius 3 is 3.19 bits per heavy atom. The van der Waals surface area contributed by atoms with Crippen molar-refractivity contribution in [1.82, 2.24) is 10.2 Å². The number of H-pyrrole nitrogens is 1. The van der Waals surface area contributed by atoms with Crippen molar-refractivity contribution < 1.29 is 10.0 Å². The second kappa shape index (κ2) is 4.01. The second-order valence-electron chi connectivity index (χ2n) is 3.36. The van der Waals surface area contributed by atoms with Gasteiger partial charge < -0.3 is 10.5 Å². The lowest BCUT2D eigenvalue weighted by Gasteiger charge is -2.05. The Hall–Kier alpha value is -2.37. The summed E-state index contributed by atoms with van der Waals surface area (Å²) in [6.07, 6.45) is 2.51. The van der Waals surface area contributed by atoms with E-state index >= 15 is 0 Å². The Labute approximate surface area is 91.0 Å². The molecule has 0 atom stereocenters. The van der Waals surface area contributed by atoms with Gasteiger partial charge in [-0.1, -0.05) is 5.16 Å². The van der Waals surface area contributed by atoms with Gasteiger partial charge >= 0.3 is 0 Å². The highest BCUT2D eigenvalue weighted by molar-refractivity contribution is 6.31. The van der Waals surface area contributed by atoms with E-state index in [-0.39, 0.29) is 0 Å². The Kier molecular flexibility index (Phi) is 2.55. The zero-order valence-electron chi connectivity index (χ0n) is 8.56. The van der Waals surface area contributed by atoms with Gasteiger partial charge in [-0.2, -0.15) is 5.10 Å². The van der Waals surface area contributed by atoms with Crippen LogP contribution in [0.15, 0.2) is 23.5 Å². The topological polar surface area (TPSA) is 90.4 Å². The largest absolute Gasteiger partial charge is 0.411 e. The minimum Gasteiger partial charge on any atom is -0.411 e. The van der Waals surface area contributed by atoms with E-state index in [1.807, 2.05) is 13.0 Å². The molecule has 0 bridgehead atoms. The number of rotatable bonds is 2. The van der Waals surface area contributed by atoms with Crippen molar-refractivity contribution in [3.63, 3.8) is 0 Å². The number of hydrogen-bond acceptors (Lipinski definition) is 4. The summed E-state index contributed by atoms with van der Waals surface area (Å²) in [5.74, 6) is -0.482. The van der Waals surface area contributed by atoms with Crippen LogP contribution >= 0.6 is 0 Å². The number of aryl methyl sites for hydroxylation is 1. The molecule has 1 aromatic carbocycles. The number of oxime groups is 1. The first-order valence-corrected chi connectivity index (χ1v) is 4.63. The van der Waals surface area contributed by atoms with Crippen LogP contribution in [-0.2, 0) is 4.79 Å². The molecule has 2 rings (SSSR count). The molecule has 0 aliphatic heterocycles. The number of amides is 1. The quantitative estimate of drug-likeness (QED) is 0.402. The number of aromatic amines is 1. The number of nitrogens with zero attached hydrogens (tertiary/aromatic N) is 2. The minimum absolute atomic E-state index is 0.482. The normalized spacial score (nSPS) is 11.1. The van der Waals surface area contributed by atoms with E-state index in [0.717, 1.165) is 22.7 Å². The molecule has 0 radical (unpaired) electrons. The summed E-state index contributed by atoms with van der Waals surface area (Å²) in [6.45, 7) is 1.87. The molecule has 0 aliphatic carbocycles. The molecule has 3 N–H and O–H groups in total. The maximum absolute atomic E-state index is 11.2. The van der Waals surface area contributed by atoms with E-state index in [4.69, 9.17) is 5.21 Å². The molecular weight excluding hydrogens is 208 g/mol. The summed E-state index contributed by atoms with van der Waals surface area (Å²) >= 11 is 0. The van der Waals surface area contributed by atoms with Gasteiger partial charge in [-0.3, -0.25) is 9.89 Å². The molecule has 1 aromatic heterocycles. The first-order valence-electron chi connectivity index (χ1n) is 4.63. The molecule has 6 heteroatoms. The SMILES string of the molecule is Cc1cc2cn[nH]c2cc1NC(=O)C=NO. The summed E-state index contributed by atoms with van der Waals surface area (Å²) in [4.78, 5) is 11.2. The van der Waals surface area contributed by atoms with Crippen LogP contribution in [-0.4, -0.2) is 27.5 Å². The number of hydrogen-bond donors (Lipinski definition) is 3. The van der Waals surface area contributed by atoms with Gasteiger partial charge in [-0.25, -0.2) is 0 Å². The molecule has 0 spiro atoms. The molecule has 0 fully saturated rings. The number of anilines is 1. The molecule has 0 aliphatic rings. The third-order valence-electron chi connectivity index (χ3n) is 2.22. The smallest absolute Gasteiger partial charge is 0.270 e. The first-order chi connectivity index (χ1) is 7.70. The van der Waals surface area contributed by atoms with Crippen molar-refractivity contribution in [3.8, 4) is 0 Å². The van der Waals surface area contributed by atoms with Crippen LogP contribution in [0.2, 0.25) is 0 Å². The van der Waals surface area contributed by atoms with Crippen LogP contribution in [0.25, 0.3) is 10.9 Å². The number of fused-ring (bicyclic) bond motifs is 1. The Bertz CT molecular complexity index is 559. The van der Waals surface area contributed by atoms with Crippen molar-refractivity contribution in [2.45, 2.75) is 6.92 Å². The molecule has 0 unspecified atom stereocenters. The van der Waals surface area contributed by atoms with Gasteiger partial charge in [0.15, 0.2) is 0 Å². The maximum Gasteiger partial charge on any atom is 0.270 e. The highest BCUT2D eigenvalue weighted by atomic mass is 16.4. The van der Waals surface area contributed by atoms with Crippen molar-refractivity contribution >= 4 is 28.7 Å². The average molecular weight is 218 g/mol. The van der Waals surface area contributed by atoms with E-state index in [1.54, 1.807) is 12.3 Å². The van der Waals surface area contributed by atoms with Crippen LogP contribution in [0.3, 0.4) is 0 Å². The number of aromatic nitrogens is 2. The Balaban J connectivity index is 2.36. The van der Waals surface area contributed by atoms with E-state index in [9.17, 15) is 4.79 Å². The lowest BCUT2D eigenvalue weighted by atomic mass is 10.1. The molecule has 2 aromatic rings. The van der Waals surface area contributed by atoms with Gasteiger partial charge in [0, 0.05) is 11.1 Å². The van der Waals surface area contributed by atoms with Gasteiger partial charge in [0.2, 0.25) is 0 Å². The van der Waals surface area contributed by atoms with Crippen LogP contribution in [0.1, 0.15) is 5.56 Å². The highest BCUT2D eigenvalue weighted by Crippen LogP contribution is 2.21.